The summed E-state index contributed by atoms with van der Waals surface area (Å²) in [7, 11) is 1.58. The molecule has 1 aliphatic rings. The van der Waals surface area contributed by atoms with Gasteiger partial charge in [-0.25, -0.2) is 0 Å². The topological polar surface area (TPSA) is 55.5 Å². The molecule has 1 aliphatic carbocycles. The van der Waals surface area contributed by atoms with Crippen LogP contribution in [0.5, 0.6) is 11.5 Å². The molecule has 0 unspecified atom stereocenters. The van der Waals surface area contributed by atoms with Crippen molar-refractivity contribution in [2.45, 2.75) is 38.6 Å². The number of aryl methyl sites for hydroxylation is 1. The number of hydrogen-bond donors (Lipinski definition) is 2. The van der Waals surface area contributed by atoms with Gasteiger partial charge < -0.3 is 15.6 Å². The van der Waals surface area contributed by atoms with Crippen molar-refractivity contribution in [1.82, 2.24) is 0 Å². The Hall–Kier alpha value is -1.22. The molecule has 0 radical (unpaired) electrons. The zero-order valence-corrected chi connectivity index (χ0v) is 10.1. The molecule has 3 heteroatoms. The maximum atomic E-state index is 9.89. The summed E-state index contributed by atoms with van der Waals surface area (Å²) < 4.78 is 5.26. The second kappa shape index (κ2) is 3.67. The molecule has 1 fully saturated rings. The summed E-state index contributed by atoms with van der Waals surface area (Å²) in [4.78, 5) is 0. The van der Waals surface area contributed by atoms with Gasteiger partial charge in [0.2, 0.25) is 0 Å². The van der Waals surface area contributed by atoms with Crippen LogP contribution >= 0.6 is 0 Å². The Labute approximate surface area is 96.2 Å². The predicted octanol–water partition coefficient (Wildman–Crippen LogP) is 2.36. The van der Waals surface area contributed by atoms with Crippen LogP contribution in [0.2, 0.25) is 0 Å². The molecule has 3 N–H and O–H groups in total. The van der Waals surface area contributed by atoms with Crippen molar-refractivity contribution in [1.29, 1.82) is 0 Å². The number of methoxy groups -OCH3 is 1. The highest BCUT2D eigenvalue weighted by Crippen LogP contribution is 2.45. The first-order chi connectivity index (χ1) is 7.49. The van der Waals surface area contributed by atoms with Gasteiger partial charge in [-0.3, -0.25) is 0 Å². The van der Waals surface area contributed by atoms with E-state index in [0.29, 0.717) is 5.75 Å². The Morgan fingerprint density at radius 2 is 2.00 bits per heavy atom. The van der Waals surface area contributed by atoms with Crippen LogP contribution in [0.25, 0.3) is 0 Å². The van der Waals surface area contributed by atoms with E-state index in [1.54, 1.807) is 7.11 Å². The van der Waals surface area contributed by atoms with E-state index in [0.717, 1.165) is 29.5 Å². The van der Waals surface area contributed by atoms with Crippen molar-refractivity contribution in [3.63, 3.8) is 0 Å². The first-order valence-electron chi connectivity index (χ1n) is 5.66. The van der Waals surface area contributed by atoms with E-state index >= 15 is 0 Å². The number of benzene rings is 1. The van der Waals surface area contributed by atoms with Gasteiger partial charge in [-0.05, 0) is 49.8 Å². The van der Waals surface area contributed by atoms with E-state index in [2.05, 4.69) is 0 Å². The first-order valence-corrected chi connectivity index (χ1v) is 5.66. The normalized spacial score (nSPS) is 18.0. The second-order valence-electron chi connectivity index (χ2n) is 4.76. The summed E-state index contributed by atoms with van der Waals surface area (Å²) in [6.07, 6.45) is 3.21. The van der Waals surface area contributed by atoms with Gasteiger partial charge in [0.05, 0.1) is 7.11 Å². The zero-order chi connectivity index (χ0) is 11.9. The molecule has 0 atom stereocenters. The van der Waals surface area contributed by atoms with Crippen LogP contribution in [0.15, 0.2) is 6.07 Å². The Morgan fingerprint density at radius 3 is 2.44 bits per heavy atom. The third-order valence-electron chi connectivity index (χ3n) is 3.68. The highest BCUT2D eigenvalue weighted by Gasteiger charge is 2.36. The van der Waals surface area contributed by atoms with Crippen LogP contribution in [-0.4, -0.2) is 12.2 Å². The molecule has 0 bridgehead atoms. The van der Waals surface area contributed by atoms with Gasteiger partial charge in [-0.15, -0.1) is 0 Å². The minimum atomic E-state index is -0.212. The summed E-state index contributed by atoms with van der Waals surface area (Å²) in [5, 5.41) is 9.89. The van der Waals surface area contributed by atoms with Crippen LogP contribution in [0.4, 0.5) is 0 Å². The van der Waals surface area contributed by atoms with Gasteiger partial charge in [-0.2, -0.15) is 0 Å². The fourth-order valence-corrected chi connectivity index (χ4v) is 2.47. The number of nitrogens with two attached hydrogens (primary N) is 1. The Morgan fingerprint density at radius 1 is 1.38 bits per heavy atom. The fourth-order valence-electron chi connectivity index (χ4n) is 2.47. The van der Waals surface area contributed by atoms with Crippen molar-refractivity contribution in [2.75, 3.05) is 7.11 Å². The molecular weight excluding hydrogens is 202 g/mol. The SMILES string of the molecule is COc1c(C)c(C2(N)CCC2)cc(C)c1O. The van der Waals surface area contributed by atoms with Crippen molar-refractivity contribution < 1.29 is 9.84 Å². The maximum Gasteiger partial charge on any atom is 0.164 e. The van der Waals surface area contributed by atoms with Crippen molar-refractivity contribution in [2.24, 2.45) is 5.73 Å². The van der Waals surface area contributed by atoms with Gasteiger partial charge in [0.1, 0.15) is 0 Å². The lowest BCUT2D eigenvalue weighted by atomic mass is 9.71. The molecule has 0 saturated heterocycles. The average molecular weight is 221 g/mol. The smallest absolute Gasteiger partial charge is 0.164 e. The van der Waals surface area contributed by atoms with Gasteiger partial charge >= 0.3 is 0 Å². The van der Waals surface area contributed by atoms with E-state index in [1.807, 2.05) is 19.9 Å². The highest BCUT2D eigenvalue weighted by molar-refractivity contribution is 5.56. The molecule has 88 valence electrons. The Kier molecular flexibility index (Phi) is 2.58. The van der Waals surface area contributed by atoms with Gasteiger partial charge in [0, 0.05) is 5.54 Å². The lowest BCUT2D eigenvalue weighted by Gasteiger charge is -2.40. The van der Waals surface area contributed by atoms with E-state index < -0.39 is 0 Å². The molecule has 0 heterocycles. The number of phenols is 1. The minimum Gasteiger partial charge on any atom is -0.504 e. The molecule has 16 heavy (non-hydrogen) atoms. The van der Waals surface area contributed by atoms with Crippen LogP contribution < -0.4 is 10.5 Å². The third-order valence-corrected chi connectivity index (χ3v) is 3.68. The molecule has 0 aliphatic heterocycles. The molecule has 0 amide bonds. The summed E-state index contributed by atoms with van der Waals surface area (Å²) in [6, 6.07) is 1.99. The average Bonchev–Trinajstić information content (AvgIpc) is 2.21. The van der Waals surface area contributed by atoms with Crippen LogP contribution in [0.1, 0.15) is 36.0 Å². The molecule has 0 spiro atoms. The van der Waals surface area contributed by atoms with Crippen molar-refractivity contribution in [3.05, 3.63) is 22.8 Å². The Bertz CT molecular complexity index is 422. The van der Waals surface area contributed by atoms with Crippen LogP contribution in [0.3, 0.4) is 0 Å². The van der Waals surface area contributed by atoms with Crippen molar-refractivity contribution in [3.8, 4) is 11.5 Å². The lowest BCUT2D eigenvalue weighted by molar-refractivity contribution is 0.250. The molecule has 1 saturated carbocycles. The fraction of sp³-hybridized carbons (Fsp3) is 0.538. The number of aromatic hydroxyl groups is 1. The number of rotatable bonds is 2. The number of ether oxygens (including phenoxy) is 1. The summed E-state index contributed by atoms with van der Waals surface area (Å²) in [6.45, 7) is 3.84. The molecule has 2 rings (SSSR count). The Balaban J connectivity index is 2.58. The molecule has 3 nitrogen and oxygen atoms in total. The monoisotopic (exact) mass is 221 g/mol. The van der Waals surface area contributed by atoms with Crippen molar-refractivity contribution >= 4 is 0 Å². The molecule has 1 aromatic carbocycles. The molecule has 0 aromatic heterocycles. The molecular formula is C13H19NO2. The minimum absolute atomic E-state index is 0.212. The van der Waals surface area contributed by atoms with Gasteiger partial charge in [0.25, 0.3) is 0 Å². The summed E-state index contributed by atoms with van der Waals surface area (Å²) in [5.41, 5.74) is 9.03. The van der Waals surface area contributed by atoms with E-state index in [1.165, 1.54) is 6.42 Å². The summed E-state index contributed by atoms with van der Waals surface area (Å²) in [5.74, 6) is 0.790. The highest BCUT2D eigenvalue weighted by atomic mass is 16.5. The largest absolute Gasteiger partial charge is 0.504 e. The van der Waals surface area contributed by atoms with Crippen LogP contribution in [-0.2, 0) is 5.54 Å². The standard InChI is InChI=1S/C13H19NO2/c1-8-7-10(13(14)5-4-6-13)9(2)12(16-3)11(8)15/h7,15H,4-6,14H2,1-3H3. The van der Waals surface area contributed by atoms with Gasteiger partial charge in [-0.1, -0.05) is 6.07 Å². The maximum absolute atomic E-state index is 9.89. The van der Waals surface area contributed by atoms with E-state index in [9.17, 15) is 5.11 Å². The van der Waals surface area contributed by atoms with Gasteiger partial charge in [0.15, 0.2) is 11.5 Å². The quantitative estimate of drug-likeness (QED) is 0.806. The summed E-state index contributed by atoms with van der Waals surface area (Å²) >= 11 is 0. The second-order valence-corrected chi connectivity index (χ2v) is 4.76. The zero-order valence-electron chi connectivity index (χ0n) is 10.1. The lowest BCUT2D eigenvalue weighted by Crippen LogP contribution is -2.43. The predicted molar refractivity (Wildman–Crippen MR) is 63.8 cm³/mol. The number of hydrogen-bond acceptors (Lipinski definition) is 3. The third kappa shape index (κ3) is 1.47. The van der Waals surface area contributed by atoms with E-state index in [4.69, 9.17) is 10.5 Å². The number of phenolic OH excluding ortho intramolecular Hbond substituents is 1. The first kappa shape index (κ1) is 11.3. The van der Waals surface area contributed by atoms with Crippen LogP contribution in [0, 0.1) is 13.8 Å². The van der Waals surface area contributed by atoms with E-state index in [-0.39, 0.29) is 11.3 Å². The molecule has 1 aromatic rings.